The van der Waals surface area contributed by atoms with Gasteiger partial charge in [-0.2, -0.15) is 5.26 Å². The number of ketones is 1. The van der Waals surface area contributed by atoms with Gasteiger partial charge in [-0.05, 0) is 88.2 Å². The van der Waals surface area contributed by atoms with E-state index in [4.69, 9.17) is 4.74 Å². The van der Waals surface area contributed by atoms with Crippen molar-refractivity contribution in [2.75, 3.05) is 18.0 Å². The third kappa shape index (κ3) is 4.19. The summed E-state index contributed by atoms with van der Waals surface area (Å²) >= 11 is 0. The first-order valence-electron chi connectivity index (χ1n) is 11.0. The van der Waals surface area contributed by atoms with E-state index in [1.807, 2.05) is 12.1 Å². The highest BCUT2D eigenvalue weighted by Gasteiger charge is 2.38. The average molecular weight is 381 g/mol. The van der Waals surface area contributed by atoms with Crippen molar-refractivity contribution in [1.29, 1.82) is 5.26 Å². The molecular weight excluding hydrogens is 348 g/mol. The minimum absolute atomic E-state index is 0.337. The van der Waals surface area contributed by atoms with Crippen LogP contribution in [0.15, 0.2) is 18.2 Å². The molecule has 1 heterocycles. The molecule has 0 atom stereocenters. The zero-order valence-corrected chi connectivity index (χ0v) is 17.1. The van der Waals surface area contributed by atoms with Crippen molar-refractivity contribution in [2.45, 2.75) is 77.2 Å². The third-order valence-corrected chi connectivity index (χ3v) is 7.35. The third-order valence-electron chi connectivity index (χ3n) is 7.35. The standard InChI is InChI=1S/C24H32N2O2/c1-18(27)15-19-7-9-24(10-8-19)11-13-26(14-12-24)23-16-22(6-5-20(23)17-25)28-21-3-2-4-21/h5-6,16,19,21H,2-4,7-15H2,1H3. The van der Waals surface area contributed by atoms with Gasteiger partial charge in [0.15, 0.2) is 0 Å². The highest BCUT2D eigenvalue weighted by molar-refractivity contribution is 5.75. The van der Waals surface area contributed by atoms with Gasteiger partial charge in [-0.25, -0.2) is 0 Å². The Morgan fingerprint density at radius 3 is 2.46 bits per heavy atom. The van der Waals surface area contributed by atoms with Gasteiger partial charge in [0.25, 0.3) is 0 Å². The Labute approximate surface area is 168 Å². The predicted octanol–water partition coefficient (Wildman–Crippen LogP) is 5.25. The van der Waals surface area contributed by atoms with Gasteiger partial charge >= 0.3 is 0 Å². The van der Waals surface area contributed by atoms with Crippen LogP contribution in [-0.4, -0.2) is 25.0 Å². The molecule has 2 saturated carbocycles. The Morgan fingerprint density at radius 1 is 1.18 bits per heavy atom. The largest absolute Gasteiger partial charge is 0.490 e. The van der Waals surface area contributed by atoms with Gasteiger partial charge in [-0.3, -0.25) is 0 Å². The number of nitrogens with zero attached hydrogens (tertiary/aromatic N) is 2. The lowest BCUT2D eigenvalue weighted by Gasteiger charge is -2.46. The van der Waals surface area contributed by atoms with E-state index in [2.05, 4.69) is 17.0 Å². The number of hydrogen-bond acceptors (Lipinski definition) is 4. The molecule has 150 valence electrons. The average Bonchev–Trinajstić information content (AvgIpc) is 2.67. The van der Waals surface area contributed by atoms with Crippen molar-refractivity contribution >= 4 is 11.5 Å². The van der Waals surface area contributed by atoms with Crippen molar-refractivity contribution in [2.24, 2.45) is 11.3 Å². The molecule has 0 N–H and O–H groups in total. The fourth-order valence-electron chi connectivity index (χ4n) is 5.24. The van der Waals surface area contributed by atoms with Gasteiger partial charge < -0.3 is 14.4 Å². The zero-order chi connectivity index (χ0) is 19.6. The Hall–Kier alpha value is -2.02. The molecule has 1 aromatic rings. The first-order chi connectivity index (χ1) is 13.6. The van der Waals surface area contributed by atoms with Crippen LogP contribution < -0.4 is 9.64 Å². The topological polar surface area (TPSA) is 53.3 Å². The van der Waals surface area contributed by atoms with E-state index in [1.165, 1.54) is 44.9 Å². The lowest BCUT2D eigenvalue weighted by molar-refractivity contribution is -0.118. The Morgan fingerprint density at radius 2 is 1.89 bits per heavy atom. The number of carbonyl (C=O) groups is 1. The van der Waals surface area contributed by atoms with Crippen LogP contribution in [0.2, 0.25) is 0 Å². The maximum atomic E-state index is 11.4. The fraction of sp³-hybridized carbons (Fsp3) is 0.667. The molecule has 4 heteroatoms. The minimum Gasteiger partial charge on any atom is -0.490 e. The highest BCUT2D eigenvalue weighted by Crippen LogP contribution is 2.48. The summed E-state index contributed by atoms with van der Waals surface area (Å²) in [5.41, 5.74) is 2.25. The SMILES string of the molecule is CC(=O)CC1CCC2(CC1)CCN(c1cc(OC3CCC3)ccc1C#N)CC2. The van der Waals surface area contributed by atoms with Crippen LogP contribution >= 0.6 is 0 Å². The van der Waals surface area contributed by atoms with Gasteiger partial charge in [-0.15, -0.1) is 0 Å². The van der Waals surface area contributed by atoms with Crippen molar-refractivity contribution in [3.63, 3.8) is 0 Å². The van der Waals surface area contributed by atoms with Crippen LogP contribution in [-0.2, 0) is 4.79 Å². The number of anilines is 1. The van der Waals surface area contributed by atoms with E-state index in [0.29, 0.717) is 23.2 Å². The van der Waals surface area contributed by atoms with Crippen molar-refractivity contribution < 1.29 is 9.53 Å². The van der Waals surface area contributed by atoms with Gasteiger partial charge in [0.2, 0.25) is 0 Å². The molecule has 0 amide bonds. The molecule has 3 aliphatic rings. The number of Topliss-reactive ketones (excluding diaryl/α,β-unsaturated/α-hetero) is 1. The number of hydrogen-bond donors (Lipinski definition) is 0. The summed E-state index contributed by atoms with van der Waals surface area (Å²) < 4.78 is 6.07. The van der Waals surface area contributed by atoms with Crippen molar-refractivity contribution in [3.05, 3.63) is 23.8 Å². The molecule has 0 unspecified atom stereocenters. The van der Waals surface area contributed by atoms with E-state index >= 15 is 0 Å². The van der Waals surface area contributed by atoms with Gasteiger partial charge in [0.1, 0.15) is 17.6 Å². The first-order valence-corrected chi connectivity index (χ1v) is 11.0. The quantitative estimate of drug-likeness (QED) is 0.700. The molecule has 1 aliphatic heterocycles. The maximum Gasteiger partial charge on any atom is 0.130 e. The Kier molecular flexibility index (Phi) is 5.62. The first kappa shape index (κ1) is 19.3. The summed E-state index contributed by atoms with van der Waals surface area (Å²) in [5.74, 6) is 1.85. The predicted molar refractivity (Wildman–Crippen MR) is 111 cm³/mol. The van der Waals surface area contributed by atoms with E-state index < -0.39 is 0 Å². The molecule has 1 aromatic carbocycles. The monoisotopic (exact) mass is 380 g/mol. The second kappa shape index (κ2) is 8.15. The lowest BCUT2D eigenvalue weighted by atomic mass is 9.65. The van der Waals surface area contributed by atoms with Crippen LogP contribution in [0.25, 0.3) is 0 Å². The smallest absolute Gasteiger partial charge is 0.130 e. The molecule has 4 nitrogen and oxygen atoms in total. The summed E-state index contributed by atoms with van der Waals surface area (Å²) in [6.07, 6.45) is 12.0. The number of ether oxygens (including phenoxy) is 1. The number of nitriles is 1. The van der Waals surface area contributed by atoms with Crippen molar-refractivity contribution in [3.8, 4) is 11.8 Å². The van der Waals surface area contributed by atoms with Crippen LogP contribution in [0.3, 0.4) is 0 Å². The van der Waals surface area contributed by atoms with Crippen LogP contribution in [0.1, 0.15) is 76.7 Å². The molecule has 1 spiro atoms. The molecule has 4 rings (SSSR count). The molecule has 3 fully saturated rings. The van der Waals surface area contributed by atoms with E-state index in [-0.39, 0.29) is 0 Å². The molecule has 0 aromatic heterocycles. The number of carbonyl (C=O) groups excluding carboxylic acids is 1. The Balaban J connectivity index is 1.39. The highest BCUT2D eigenvalue weighted by atomic mass is 16.5. The summed E-state index contributed by atoms with van der Waals surface area (Å²) in [4.78, 5) is 13.8. The van der Waals surface area contributed by atoms with Crippen molar-refractivity contribution in [1.82, 2.24) is 0 Å². The van der Waals surface area contributed by atoms with Crippen LogP contribution in [0.4, 0.5) is 5.69 Å². The molecule has 0 bridgehead atoms. The summed E-state index contributed by atoms with van der Waals surface area (Å²) in [5, 5.41) is 9.58. The number of benzene rings is 1. The summed E-state index contributed by atoms with van der Waals surface area (Å²) in [7, 11) is 0. The summed E-state index contributed by atoms with van der Waals surface area (Å²) in [6.45, 7) is 3.75. The van der Waals surface area contributed by atoms with E-state index in [1.54, 1.807) is 6.92 Å². The maximum absolute atomic E-state index is 11.4. The van der Waals surface area contributed by atoms with Crippen LogP contribution in [0, 0.1) is 22.7 Å². The van der Waals surface area contributed by atoms with Crippen LogP contribution in [0.5, 0.6) is 5.75 Å². The van der Waals surface area contributed by atoms with E-state index in [0.717, 1.165) is 49.4 Å². The van der Waals surface area contributed by atoms with Gasteiger partial charge in [0.05, 0.1) is 17.4 Å². The fourth-order valence-corrected chi connectivity index (χ4v) is 5.24. The second-order valence-corrected chi connectivity index (χ2v) is 9.30. The molecule has 28 heavy (non-hydrogen) atoms. The number of rotatable bonds is 5. The lowest BCUT2D eigenvalue weighted by Crippen LogP contribution is -2.42. The minimum atomic E-state index is 0.337. The molecule has 1 saturated heterocycles. The van der Waals surface area contributed by atoms with E-state index in [9.17, 15) is 10.1 Å². The normalized spacial score (nSPS) is 22.5. The molecule has 0 radical (unpaired) electrons. The Bertz CT molecular complexity index is 744. The van der Waals surface area contributed by atoms with Gasteiger partial charge in [-0.1, -0.05) is 0 Å². The zero-order valence-electron chi connectivity index (χ0n) is 17.1. The molecule has 2 aliphatic carbocycles. The van der Waals surface area contributed by atoms with Gasteiger partial charge in [0, 0.05) is 25.6 Å². The second-order valence-electron chi connectivity index (χ2n) is 9.30. The molecular formula is C24H32N2O2. The summed E-state index contributed by atoms with van der Waals surface area (Å²) in [6, 6.07) is 8.31. The number of piperidine rings is 1.